The molecule has 0 radical (unpaired) electrons. The highest BCUT2D eigenvalue weighted by Crippen LogP contribution is 2.38. The van der Waals surface area contributed by atoms with E-state index in [1.54, 1.807) is 0 Å². The summed E-state index contributed by atoms with van der Waals surface area (Å²) in [6, 6.07) is 5.07. The Labute approximate surface area is 117 Å². The molecule has 21 heavy (non-hydrogen) atoms. The Morgan fingerprint density at radius 3 is 2.33 bits per heavy atom. The maximum Gasteiger partial charge on any atom is 0.573 e. The summed E-state index contributed by atoms with van der Waals surface area (Å²) in [7, 11) is 0. The van der Waals surface area contributed by atoms with Gasteiger partial charge in [0.2, 0.25) is 5.91 Å². The van der Waals surface area contributed by atoms with Crippen LogP contribution in [-0.2, 0) is 16.1 Å². The van der Waals surface area contributed by atoms with Crippen LogP contribution in [0.25, 0.3) is 0 Å². The van der Waals surface area contributed by atoms with Crippen LogP contribution in [0.1, 0.15) is 12.0 Å². The molecule has 0 aliphatic heterocycles. The average molecular weight is 303 g/mol. The molecule has 0 saturated heterocycles. The van der Waals surface area contributed by atoms with Gasteiger partial charge in [-0.25, -0.2) is 0 Å². The Morgan fingerprint density at radius 2 is 1.86 bits per heavy atom. The number of aliphatic carboxylic acids is 1. The fourth-order valence-electron chi connectivity index (χ4n) is 1.89. The molecule has 0 unspecified atom stereocenters. The highest BCUT2D eigenvalue weighted by Gasteiger charge is 2.48. The molecule has 8 heteroatoms. The molecule has 1 aliphatic rings. The predicted molar refractivity (Wildman–Crippen MR) is 64.2 cm³/mol. The van der Waals surface area contributed by atoms with Crippen molar-refractivity contribution in [1.82, 2.24) is 5.32 Å². The van der Waals surface area contributed by atoms with Gasteiger partial charge in [0, 0.05) is 6.54 Å². The van der Waals surface area contributed by atoms with Crippen LogP contribution in [0.5, 0.6) is 5.75 Å². The Hall–Kier alpha value is -2.25. The van der Waals surface area contributed by atoms with Crippen LogP contribution >= 0.6 is 0 Å². The van der Waals surface area contributed by atoms with Gasteiger partial charge in [0.15, 0.2) is 0 Å². The van der Waals surface area contributed by atoms with Crippen molar-refractivity contribution < 1.29 is 32.6 Å². The molecule has 0 bridgehead atoms. The van der Waals surface area contributed by atoms with Crippen molar-refractivity contribution in [2.45, 2.75) is 19.3 Å². The van der Waals surface area contributed by atoms with E-state index in [9.17, 15) is 22.8 Å². The average Bonchev–Trinajstić information content (AvgIpc) is 3.16. The molecular weight excluding hydrogens is 291 g/mol. The lowest BCUT2D eigenvalue weighted by atomic mass is 10.2. The molecular formula is C13H12F3NO4. The van der Waals surface area contributed by atoms with Crippen LogP contribution in [0.3, 0.4) is 0 Å². The molecule has 1 aromatic carbocycles. The SMILES string of the molecule is O=C(O)[C@@H]1C[C@H]1C(=O)NCc1ccc(OC(F)(F)F)cc1. The number of hydrogen-bond acceptors (Lipinski definition) is 3. The van der Waals surface area contributed by atoms with E-state index in [1.165, 1.54) is 12.1 Å². The highest BCUT2D eigenvalue weighted by molar-refractivity contribution is 5.89. The zero-order chi connectivity index (χ0) is 15.6. The van der Waals surface area contributed by atoms with Crippen molar-refractivity contribution in [1.29, 1.82) is 0 Å². The van der Waals surface area contributed by atoms with Gasteiger partial charge in [-0.05, 0) is 24.1 Å². The topological polar surface area (TPSA) is 75.6 Å². The van der Waals surface area contributed by atoms with Gasteiger partial charge in [0.05, 0.1) is 11.8 Å². The summed E-state index contributed by atoms with van der Waals surface area (Å²) in [5.41, 5.74) is 0.588. The smallest absolute Gasteiger partial charge is 0.481 e. The molecule has 1 aliphatic carbocycles. The Bertz CT molecular complexity index is 541. The van der Waals surface area contributed by atoms with Crippen molar-refractivity contribution in [2.24, 2.45) is 11.8 Å². The first-order valence-electron chi connectivity index (χ1n) is 6.11. The number of ether oxygens (including phenoxy) is 1. The molecule has 1 amide bonds. The van der Waals surface area contributed by atoms with Crippen LogP contribution in [0.4, 0.5) is 13.2 Å². The van der Waals surface area contributed by atoms with E-state index in [4.69, 9.17) is 5.11 Å². The van der Waals surface area contributed by atoms with Crippen molar-refractivity contribution in [2.75, 3.05) is 0 Å². The first-order chi connectivity index (χ1) is 9.76. The van der Waals surface area contributed by atoms with Crippen LogP contribution in [0.15, 0.2) is 24.3 Å². The maximum absolute atomic E-state index is 12.0. The summed E-state index contributed by atoms with van der Waals surface area (Å²) in [5.74, 6) is -2.85. The third kappa shape index (κ3) is 4.37. The van der Waals surface area contributed by atoms with E-state index in [1.807, 2.05) is 0 Å². The molecule has 2 N–H and O–H groups in total. The number of halogens is 3. The normalized spacial score (nSPS) is 20.7. The number of carbonyl (C=O) groups is 2. The second kappa shape index (κ2) is 5.63. The molecule has 2 rings (SSSR count). The minimum atomic E-state index is -4.74. The van der Waals surface area contributed by atoms with Crippen LogP contribution < -0.4 is 10.1 Å². The lowest BCUT2D eigenvalue weighted by Crippen LogP contribution is -2.25. The van der Waals surface area contributed by atoms with Crippen molar-refractivity contribution >= 4 is 11.9 Å². The Balaban J connectivity index is 1.82. The zero-order valence-corrected chi connectivity index (χ0v) is 10.7. The molecule has 1 fully saturated rings. The van der Waals surface area contributed by atoms with E-state index in [0.717, 1.165) is 12.1 Å². The standard InChI is InChI=1S/C13H12F3NO4/c14-13(15,16)21-8-3-1-7(2-4-8)6-17-11(18)9-5-10(9)12(19)20/h1-4,9-10H,5-6H2,(H,17,18)(H,19,20)/t9-,10-/m1/s1. The van der Waals surface area contributed by atoms with E-state index in [-0.39, 0.29) is 18.2 Å². The van der Waals surface area contributed by atoms with E-state index < -0.39 is 24.2 Å². The highest BCUT2D eigenvalue weighted by atomic mass is 19.4. The van der Waals surface area contributed by atoms with Crippen LogP contribution in [0, 0.1) is 11.8 Å². The van der Waals surface area contributed by atoms with Crippen LogP contribution in [-0.4, -0.2) is 23.3 Å². The van der Waals surface area contributed by atoms with Gasteiger partial charge >= 0.3 is 12.3 Å². The van der Waals surface area contributed by atoms with Crippen molar-refractivity contribution in [3.05, 3.63) is 29.8 Å². The lowest BCUT2D eigenvalue weighted by molar-refractivity contribution is -0.274. The summed E-state index contributed by atoms with van der Waals surface area (Å²) < 4.78 is 39.6. The van der Waals surface area contributed by atoms with E-state index in [0.29, 0.717) is 12.0 Å². The maximum atomic E-state index is 12.0. The second-order valence-corrected chi connectivity index (χ2v) is 4.70. The number of alkyl halides is 3. The predicted octanol–water partition coefficient (Wildman–Crippen LogP) is 1.92. The van der Waals surface area contributed by atoms with Crippen molar-refractivity contribution in [3.63, 3.8) is 0 Å². The number of rotatable bonds is 5. The van der Waals surface area contributed by atoms with Gasteiger partial charge in [-0.2, -0.15) is 0 Å². The van der Waals surface area contributed by atoms with Gasteiger partial charge in [-0.15, -0.1) is 13.2 Å². The first-order valence-corrected chi connectivity index (χ1v) is 6.11. The minimum Gasteiger partial charge on any atom is -0.481 e. The van der Waals surface area contributed by atoms with Gasteiger partial charge < -0.3 is 15.2 Å². The third-order valence-corrected chi connectivity index (χ3v) is 3.07. The number of nitrogens with one attached hydrogen (secondary N) is 1. The molecule has 0 spiro atoms. The molecule has 2 atom stereocenters. The summed E-state index contributed by atoms with van der Waals surface area (Å²) in [6.07, 6.45) is -4.42. The molecule has 0 heterocycles. The summed E-state index contributed by atoms with van der Waals surface area (Å²) in [5, 5.41) is 11.2. The monoisotopic (exact) mass is 303 g/mol. The lowest BCUT2D eigenvalue weighted by Gasteiger charge is -2.09. The summed E-state index contributed by atoms with van der Waals surface area (Å²) in [6.45, 7) is 0.119. The molecule has 114 valence electrons. The molecule has 5 nitrogen and oxygen atoms in total. The number of carboxylic acid groups (broad SMARTS) is 1. The zero-order valence-electron chi connectivity index (χ0n) is 10.7. The van der Waals surface area contributed by atoms with Gasteiger partial charge in [-0.3, -0.25) is 9.59 Å². The molecule has 1 aromatic rings. The fourth-order valence-corrected chi connectivity index (χ4v) is 1.89. The van der Waals surface area contributed by atoms with Crippen LogP contribution in [0.2, 0.25) is 0 Å². The molecule has 0 aromatic heterocycles. The van der Waals surface area contributed by atoms with Crippen molar-refractivity contribution in [3.8, 4) is 5.75 Å². The Morgan fingerprint density at radius 1 is 1.24 bits per heavy atom. The van der Waals surface area contributed by atoms with Gasteiger partial charge in [-0.1, -0.05) is 12.1 Å². The summed E-state index contributed by atoms with van der Waals surface area (Å²) in [4.78, 5) is 22.2. The number of benzene rings is 1. The minimum absolute atomic E-state index is 0.119. The third-order valence-electron chi connectivity index (χ3n) is 3.07. The second-order valence-electron chi connectivity index (χ2n) is 4.70. The number of amides is 1. The quantitative estimate of drug-likeness (QED) is 0.871. The Kier molecular flexibility index (Phi) is 4.06. The molecule has 1 saturated carbocycles. The number of carbonyl (C=O) groups excluding carboxylic acids is 1. The summed E-state index contributed by atoms with van der Waals surface area (Å²) >= 11 is 0. The first kappa shape index (κ1) is 15.1. The number of hydrogen-bond donors (Lipinski definition) is 2. The van der Waals surface area contributed by atoms with Gasteiger partial charge in [0.25, 0.3) is 0 Å². The number of carboxylic acids is 1. The van der Waals surface area contributed by atoms with E-state index in [2.05, 4.69) is 10.1 Å². The fraction of sp³-hybridized carbons (Fsp3) is 0.385. The van der Waals surface area contributed by atoms with E-state index >= 15 is 0 Å². The van der Waals surface area contributed by atoms with Gasteiger partial charge in [0.1, 0.15) is 5.75 Å². The largest absolute Gasteiger partial charge is 0.573 e.